The lowest BCUT2D eigenvalue weighted by Gasteiger charge is -2.38. The van der Waals surface area contributed by atoms with Gasteiger partial charge in [-0.3, -0.25) is 4.90 Å². The summed E-state index contributed by atoms with van der Waals surface area (Å²) in [5.74, 6) is 0. The van der Waals surface area contributed by atoms with Crippen molar-refractivity contribution in [2.45, 2.75) is 32.4 Å². The molecule has 0 aromatic rings. The third kappa shape index (κ3) is 3.25. The van der Waals surface area contributed by atoms with Crippen LogP contribution in [0.5, 0.6) is 0 Å². The average molecular weight is 186 g/mol. The first-order valence-electron chi connectivity index (χ1n) is 5.24. The summed E-state index contributed by atoms with van der Waals surface area (Å²) in [7, 11) is 2.16. The molecule has 1 saturated heterocycles. The van der Waals surface area contributed by atoms with Crippen molar-refractivity contribution in [1.29, 1.82) is 0 Å². The lowest BCUT2D eigenvalue weighted by molar-refractivity contribution is 0.0558. The molecule has 0 aromatic heterocycles. The van der Waals surface area contributed by atoms with Crippen LogP contribution in [0.3, 0.4) is 0 Å². The Bertz CT molecular complexity index is 150. The molecule has 1 N–H and O–H groups in total. The fourth-order valence-electron chi connectivity index (χ4n) is 1.72. The van der Waals surface area contributed by atoms with Gasteiger partial charge in [-0.15, -0.1) is 0 Å². The van der Waals surface area contributed by atoms with E-state index in [1.165, 1.54) is 0 Å². The van der Waals surface area contributed by atoms with Crippen molar-refractivity contribution in [2.24, 2.45) is 0 Å². The Kier molecular flexibility index (Phi) is 4.16. The molecular formula is C10H22N2O. The quantitative estimate of drug-likeness (QED) is 0.691. The molecule has 1 rings (SSSR count). The zero-order valence-electron chi connectivity index (χ0n) is 9.03. The summed E-state index contributed by atoms with van der Waals surface area (Å²) < 4.78 is 0. The molecule has 3 nitrogen and oxygen atoms in total. The van der Waals surface area contributed by atoms with Gasteiger partial charge in [-0.05, 0) is 20.4 Å². The molecule has 1 heterocycles. The summed E-state index contributed by atoms with van der Waals surface area (Å²) in [4.78, 5) is 4.73. The molecule has 1 fully saturated rings. The van der Waals surface area contributed by atoms with E-state index in [-0.39, 0.29) is 6.10 Å². The molecule has 0 saturated carbocycles. The fourth-order valence-corrected chi connectivity index (χ4v) is 1.72. The molecule has 1 unspecified atom stereocenters. The summed E-state index contributed by atoms with van der Waals surface area (Å²) in [6, 6.07) is 0.623. The van der Waals surface area contributed by atoms with Crippen LogP contribution in [-0.4, -0.2) is 60.3 Å². The maximum atomic E-state index is 9.51. The molecular weight excluding hydrogens is 164 g/mol. The maximum absolute atomic E-state index is 9.51. The molecule has 0 bridgehead atoms. The van der Waals surface area contributed by atoms with Crippen molar-refractivity contribution in [2.75, 3.05) is 33.2 Å². The van der Waals surface area contributed by atoms with Gasteiger partial charge in [0.1, 0.15) is 0 Å². The summed E-state index contributed by atoms with van der Waals surface area (Å²) in [5.41, 5.74) is 0. The van der Waals surface area contributed by atoms with Gasteiger partial charge in [0.15, 0.2) is 0 Å². The number of piperazine rings is 1. The molecule has 0 aromatic carbocycles. The van der Waals surface area contributed by atoms with Crippen molar-refractivity contribution < 1.29 is 5.11 Å². The fraction of sp³-hybridized carbons (Fsp3) is 1.00. The van der Waals surface area contributed by atoms with Crippen molar-refractivity contribution >= 4 is 0 Å². The first kappa shape index (κ1) is 11.0. The van der Waals surface area contributed by atoms with Crippen molar-refractivity contribution in [1.82, 2.24) is 9.80 Å². The Hall–Kier alpha value is -0.120. The van der Waals surface area contributed by atoms with Gasteiger partial charge < -0.3 is 10.0 Å². The van der Waals surface area contributed by atoms with Gasteiger partial charge in [-0.1, -0.05) is 6.92 Å². The van der Waals surface area contributed by atoms with Crippen LogP contribution in [0.15, 0.2) is 0 Å². The highest BCUT2D eigenvalue weighted by Crippen LogP contribution is 2.07. The summed E-state index contributed by atoms with van der Waals surface area (Å²) in [5, 5.41) is 9.51. The smallest absolute Gasteiger partial charge is 0.0664 e. The molecule has 0 radical (unpaired) electrons. The van der Waals surface area contributed by atoms with Gasteiger partial charge in [-0.25, -0.2) is 0 Å². The second-order valence-electron chi connectivity index (χ2n) is 4.15. The third-order valence-corrected chi connectivity index (χ3v) is 2.98. The number of β-amino-alcohol motifs (C(OH)–C–C–N with tert-alkyl or cyclic N) is 1. The first-order valence-corrected chi connectivity index (χ1v) is 5.24. The summed E-state index contributed by atoms with van der Waals surface area (Å²) in [6.07, 6.45) is 0.719. The van der Waals surface area contributed by atoms with Crippen LogP contribution in [0.2, 0.25) is 0 Å². The van der Waals surface area contributed by atoms with E-state index in [1.807, 2.05) is 6.92 Å². The van der Waals surface area contributed by atoms with E-state index in [0.717, 1.165) is 32.6 Å². The number of aliphatic hydroxyl groups excluding tert-OH is 1. The minimum absolute atomic E-state index is 0.143. The molecule has 0 amide bonds. The maximum Gasteiger partial charge on any atom is 0.0664 e. The normalized spacial score (nSPS) is 29.1. The SMILES string of the molecule is CC[C@H](O)CN1CCN(C)C(C)C1. The molecule has 0 spiro atoms. The minimum Gasteiger partial charge on any atom is -0.392 e. The zero-order chi connectivity index (χ0) is 9.84. The van der Waals surface area contributed by atoms with Gasteiger partial charge in [0.25, 0.3) is 0 Å². The van der Waals surface area contributed by atoms with Crippen LogP contribution in [0, 0.1) is 0 Å². The lowest BCUT2D eigenvalue weighted by Crippen LogP contribution is -2.51. The topological polar surface area (TPSA) is 26.7 Å². The number of rotatable bonds is 3. The van der Waals surface area contributed by atoms with Gasteiger partial charge in [0.05, 0.1) is 6.10 Å². The first-order chi connectivity index (χ1) is 6.13. The predicted molar refractivity (Wildman–Crippen MR) is 54.8 cm³/mol. The number of nitrogens with zero attached hydrogens (tertiary/aromatic N) is 2. The summed E-state index contributed by atoms with van der Waals surface area (Å²) in [6.45, 7) is 8.42. The molecule has 1 aliphatic rings. The van der Waals surface area contributed by atoms with E-state index in [2.05, 4.69) is 23.8 Å². The van der Waals surface area contributed by atoms with E-state index >= 15 is 0 Å². The highest BCUT2D eigenvalue weighted by Gasteiger charge is 2.21. The van der Waals surface area contributed by atoms with Crippen LogP contribution >= 0.6 is 0 Å². The van der Waals surface area contributed by atoms with Crippen LogP contribution in [0.25, 0.3) is 0 Å². The number of hydrogen-bond acceptors (Lipinski definition) is 3. The Morgan fingerprint density at radius 1 is 1.46 bits per heavy atom. The number of likely N-dealkylation sites (N-methyl/N-ethyl adjacent to an activating group) is 1. The Morgan fingerprint density at radius 2 is 2.15 bits per heavy atom. The van der Waals surface area contributed by atoms with E-state index in [4.69, 9.17) is 0 Å². The van der Waals surface area contributed by atoms with Crippen LogP contribution < -0.4 is 0 Å². The van der Waals surface area contributed by atoms with Crippen LogP contribution in [-0.2, 0) is 0 Å². The van der Waals surface area contributed by atoms with Crippen LogP contribution in [0.1, 0.15) is 20.3 Å². The summed E-state index contributed by atoms with van der Waals surface area (Å²) >= 11 is 0. The van der Waals surface area contributed by atoms with E-state index in [1.54, 1.807) is 0 Å². The Labute approximate surface area is 81.3 Å². The second kappa shape index (κ2) is 4.94. The molecule has 78 valence electrons. The largest absolute Gasteiger partial charge is 0.392 e. The molecule has 0 aliphatic carbocycles. The second-order valence-corrected chi connectivity index (χ2v) is 4.15. The molecule has 13 heavy (non-hydrogen) atoms. The van der Waals surface area contributed by atoms with Crippen molar-refractivity contribution in [3.63, 3.8) is 0 Å². The molecule has 2 atom stereocenters. The van der Waals surface area contributed by atoms with Crippen molar-refractivity contribution in [3.8, 4) is 0 Å². The molecule has 3 heteroatoms. The number of hydrogen-bond donors (Lipinski definition) is 1. The van der Waals surface area contributed by atoms with Gasteiger partial charge in [0, 0.05) is 32.2 Å². The van der Waals surface area contributed by atoms with E-state index in [9.17, 15) is 5.11 Å². The van der Waals surface area contributed by atoms with E-state index < -0.39 is 0 Å². The van der Waals surface area contributed by atoms with Gasteiger partial charge >= 0.3 is 0 Å². The Morgan fingerprint density at radius 3 is 2.69 bits per heavy atom. The standard InChI is InChI=1S/C10H22N2O/c1-4-10(13)8-12-6-5-11(3)9(2)7-12/h9-10,13H,4-8H2,1-3H3/t9?,10-/m0/s1. The zero-order valence-corrected chi connectivity index (χ0v) is 9.03. The predicted octanol–water partition coefficient (Wildman–Crippen LogP) is 0.393. The van der Waals surface area contributed by atoms with E-state index in [0.29, 0.717) is 6.04 Å². The average Bonchev–Trinajstić information content (AvgIpc) is 2.11. The van der Waals surface area contributed by atoms with Gasteiger partial charge in [0.2, 0.25) is 0 Å². The highest BCUT2D eigenvalue weighted by molar-refractivity contribution is 4.77. The van der Waals surface area contributed by atoms with Gasteiger partial charge in [-0.2, -0.15) is 0 Å². The van der Waals surface area contributed by atoms with Crippen molar-refractivity contribution in [3.05, 3.63) is 0 Å². The third-order valence-electron chi connectivity index (χ3n) is 2.98. The monoisotopic (exact) mass is 186 g/mol. The lowest BCUT2D eigenvalue weighted by atomic mass is 10.2. The minimum atomic E-state index is -0.143. The van der Waals surface area contributed by atoms with Crippen LogP contribution in [0.4, 0.5) is 0 Å². The Balaban J connectivity index is 2.29. The highest BCUT2D eigenvalue weighted by atomic mass is 16.3. The molecule has 1 aliphatic heterocycles. The number of aliphatic hydroxyl groups is 1.